The molecule has 2 rings (SSSR count). The molecule has 5 N–H and O–H groups in total. The van der Waals surface area contributed by atoms with Crippen molar-refractivity contribution in [3.8, 4) is 5.75 Å². The number of ether oxygens (including phenoxy) is 1. The molecule has 40 heavy (non-hydrogen) atoms. The molecule has 0 heterocycles. The summed E-state index contributed by atoms with van der Waals surface area (Å²) >= 11 is 5.96. The van der Waals surface area contributed by atoms with Crippen LogP contribution in [-0.2, 0) is 14.4 Å². The zero-order chi connectivity index (χ0) is 30.0. The fourth-order valence-electron chi connectivity index (χ4n) is 3.75. The van der Waals surface area contributed by atoms with Gasteiger partial charge in [-0.05, 0) is 61.2 Å². The summed E-state index contributed by atoms with van der Waals surface area (Å²) in [6, 6.07) is 7.36. The number of halogens is 4. The maximum absolute atomic E-state index is 13.4. The highest BCUT2D eigenvalue weighted by atomic mass is 35.5. The number of hydrogen-bond donors (Lipinski definition) is 4. The van der Waals surface area contributed by atoms with Gasteiger partial charge in [0.2, 0.25) is 11.8 Å². The molecular weight excluding hydrogens is 553 g/mol. The number of carbonyl (C=O) groups is 4. The van der Waals surface area contributed by atoms with E-state index in [1.807, 2.05) is 0 Å². The number of methoxy groups -OCH3 is 1. The SMILES string of the molecule is COc1ccc(C(NC(=O)C(CCCN)NC(=O)c2cccc(Cl)c2)C(=O)NC(C(=O)C(F)(F)F)C(C)C)cc1. The Kier molecular flexibility index (Phi) is 11.9. The highest BCUT2D eigenvalue weighted by molar-refractivity contribution is 6.31. The van der Waals surface area contributed by atoms with Crippen molar-refractivity contribution in [2.45, 2.75) is 51.0 Å². The molecule has 3 unspecified atom stereocenters. The topological polar surface area (TPSA) is 140 Å². The van der Waals surface area contributed by atoms with Gasteiger partial charge in [-0.15, -0.1) is 0 Å². The minimum Gasteiger partial charge on any atom is -0.497 e. The van der Waals surface area contributed by atoms with Gasteiger partial charge in [0.15, 0.2) is 0 Å². The van der Waals surface area contributed by atoms with E-state index in [0.717, 1.165) is 0 Å². The van der Waals surface area contributed by atoms with Gasteiger partial charge in [0.25, 0.3) is 11.7 Å². The van der Waals surface area contributed by atoms with Crippen LogP contribution in [0.3, 0.4) is 0 Å². The van der Waals surface area contributed by atoms with Crippen molar-refractivity contribution in [3.63, 3.8) is 0 Å². The molecule has 0 aromatic heterocycles. The minimum absolute atomic E-state index is 0.104. The van der Waals surface area contributed by atoms with Crippen molar-refractivity contribution in [1.82, 2.24) is 16.0 Å². The second kappa shape index (κ2) is 14.7. The molecule has 0 aliphatic heterocycles. The number of amides is 3. The molecule has 9 nitrogen and oxygen atoms in total. The lowest BCUT2D eigenvalue weighted by molar-refractivity contribution is -0.175. The van der Waals surface area contributed by atoms with Gasteiger partial charge in [-0.3, -0.25) is 19.2 Å². The van der Waals surface area contributed by atoms with Gasteiger partial charge < -0.3 is 26.4 Å². The van der Waals surface area contributed by atoms with Crippen molar-refractivity contribution < 1.29 is 37.1 Å². The Bertz CT molecular complexity index is 1190. The second-order valence-corrected chi connectivity index (χ2v) is 9.71. The van der Waals surface area contributed by atoms with Crippen LogP contribution in [-0.4, -0.2) is 55.4 Å². The predicted molar refractivity (Wildman–Crippen MR) is 143 cm³/mol. The van der Waals surface area contributed by atoms with E-state index < -0.39 is 53.7 Å². The third-order valence-electron chi connectivity index (χ3n) is 5.93. The molecule has 3 atom stereocenters. The Hall–Kier alpha value is -3.64. The molecule has 218 valence electrons. The van der Waals surface area contributed by atoms with Crippen LogP contribution in [0.5, 0.6) is 5.75 Å². The molecular formula is C27H32ClF3N4O5. The smallest absolute Gasteiger partial charge is 0.452 e. The summed E-state index contributed by atoms with van der Waals surface area (Å²) in [7, 11) is 1.42. The van der Waals surface area contributed by atoms with Crippen molar-refractivity contribution in [2.24, 2.45) is 11.7 Å². The number of hydrogen-bond acceptors (Lipinski definition) is 6. The van der Waals surface area contributed by atoms with E-state index in [2.05, 4.69) is 16.0 Å². The Labute approximate surface area is 235 Å². The highest BCUT2D eigenvalue weighted by Gasteiger charge is 2.45. The molecule has 13 heteroatoms. The van der Waals surface area contributed by atoms with Crippen molar-refractivity contribution in [3.05, 3.63) is 64.7 Å². The fraction of sp³-hybridized carbons (Fsp3) is 0.407. The number of rotatable bonds is 13. The molecule has 0 spiro atoms. The number of nitrogens with one attached hydrogen (secondary N) is 3. The molecule has 0 fully saturated rings. The molecule has 0 aliphatic rings. The number of Topliss-reactive ketones (excluding diaryl/α,β-unsaturated/α-hetero) is 1. The first-order chi connectivity index (χ1) is 18.8. The Morgan fingerprint density at radius 2 is 1.62 bits per heavy atom. The summed E-state index contributed by atoms with van der Waals surface area (Å²) in [5.74, 6) is -5.04. The van der Waals surface area contributed by atoms with Crippen molar-refractivity contribution >= 4 is 35.1 Å². The average molecular weight is 585 g/mol. The van der Waals surface area contributed by atoms with Crippen LogP contribution in [0.1, 0.15) is 48.7 Å². The Morgan fingerprint density at radius 3 is 2.15 bits per heavy atom. The van der Waals surface area contributed by atoms with Gasteiger partial charge in [0, 0.05) is 10.6 Å². The zero-order valence-corrected chi connectivity index (χ0v) is 22.9. The number of ketones is 1. The second-order valence-electron chi connectivity index (χ2n) is 9.27. The van der Waals surface area contributed by atoms with Gasteiger partial charge in [-0.2, -0.15) is 13.2 Å². The number of alkyl halides is 3. The first-order valence-corrected chi connectivity index (χ1v) is 12.8. The fourth-order valence-corrected chi connectivity index (χ4v) is 3.94. The lowest BCUT2D eigenvalue weighted by atomic mass is 9.97. The largest absolute Gasteiger partial charge is 0.497 e. The van der Waals surface area contributed by atoms with Gasteiger partial charge in [0.1, 0.15) is 17.8 Å². The number of benzene rings is 2. The quantitative estimate of drug-likeness (QED) is 0.285. The molecule has 2 aromatic carbocycles. The molecule has 2 aromatic rings. The van der Waals surface area contributed by atoms with E-state index in [-0.39, 0.29) is 24.1 Å². The van der Waals surface area contributed by atoms with Crippen LogP contribution in [0.25, 0.3) is 0 Å². The summed E-state index contributed by atoms with van der Waals surface area (Å²) in [4.78, 5) is 51.5. The first-order valence-electron chi connectivity index (χ1n) is 12.4. The van der Waals surface area contributed by atoms with Crippen LogP contribution in [0.15, 0.2) is 48.5 Å². The summed E-state index contributed by atoms with van der Waals surface area (Å²) in [6.45, 7) is 2.91. The normalized spacial score (nSPS) is 13.6. The van der Waals surface area contributed by atoms with Gasteiger partial charge >= 0.3 is 6.18 Å². The van der Waals surface area contributed by atoms with Crippen molar-refractivity contribution in [2.75, 3.05) is 13.7 Å². The van der Waals surface area contributed by atoms with E-state index in [9.17, 15) is 32.3 Å². The highest BCUT2D eigenvalue weighted by Crippen LogP contribution is 2.23. The van der Waals surface area contributed by atoms with Crippen LogP contribution in [0.2, 0.25) is 5.02 Å². The molecule has 0 saturated carbocycles. The van der Waals surface area contributed by atoms with Crippen LogP contribution >= 0.6 is 11.6 Å². The zero-order valence-electron chi connectivity index (χ0n) is 22.2. The van der Waals surface area contributed by atoms with E-state index in [0.29, 0.717) is 17.2 Å². The van der Waals surface area contributed by atoms with Gasteiger partial charge in [-0.1, -0.05) is 43.6 Å². The van der Waals surface area contributed by atoms with Crippen LogP contribution < -0.4 is 26.4 Å². The standard InChI is InChI=1S/C27H32ClF3N4O5/c1-15(2)21(23(36)27(29,30)31)34-26(39)22(16-9-11-19(40-3)12-10-16)35-25(38)20(8-5-13-32)33-24(37)17-6-4-7-18(28)14-17/h4,6-7,9-12,14-15,20-22H,5,8,13,32H2,1-3H3,(H,33,37)(H,34,39)(H,35,38). The summed E-state index contributed by atoms with van der Waals surface area (Å²) in [5, 5.41) is 7.53. The lowest BCUT2D eigenvalue weighted by Crippen LogP contribution is -2.54. The minimum atomic E-state index is -5.18. The molecule has 0 bridgehead atoms. The predicted octanol–water partition coefficient (Wildman–Crippen LogP) is 3.32. The molecule has 0 radical (unpaired) electrons. The molecule has 0 aliphatic carbocycles. The Morgan fingerprint density at radius 1 is 0.975 bits per heavy atom. The third-order valence-corrected chi connectivity index (χ3v) is 6.16. The van der Waals surface area contributed by atoms with Gasteiger partial charge in [-0.25, -0.2) is 0 Å². The van der Waals surface area contributed by atoms with E-state index in [1.54, 1.807) is 12.1 Å². The van der Waals surface area contributed by atoms with Crippen LogP contribution in [0.4, 0.5) is 13.2 Å². The van der Waals surface area contributed by atoms with E-state index in [1.165, 1.54) is 57.4 Å². The molecule has 0 saturated heterocycles. The molecule has 3 amide bonds. The number of carbonyl (C=O) groups excluding carboxylic acids is 4. The Balaban J connectivity index is 2.37. The first kappa shape index (κ1) is 32.6. The summed E-state index contributed by atoms with van der Waals surface area (Å²) in [5.41, 5.74) is 5.98. The average Bonchev–Trinajstić information content (AvgIpc) is 2.91. The lowest BCUT2D eigenvalue weighted by Gasteiger charge is -2.27. The monoisotopic (exact) mass is 584 g/mol. The summed E-state index contributed by atoms with van der Waals surface area (Å²) in [6.07, 6.45) is -4.74. The van der Waals surface area contributed by atoms with Crippen molar-refractivity contribution in [1.29, 1.82) is 0 Å². The maximum atomic E-state index is 13.4. The van der Waals surface area contributed by atoms with E-state index >= 15 is 0 Å². The van der Waals surface area contributed by atoms with E-state index in [4.69, 9.17) is 22.1 Å². The number of nitrogens with two attached hydrogens (primary N) is 1. The van der Waals surface area contributed by atoms with Crippen LogP contribution in [0, 0.1) is 5.92 Å². The third kappa shape index (κ3) is 9.23. The van der Waals surface area contributed by atoms with Gasteiger partial charge in [0.05, 0.1) is 13.2 Å². The summed E-state index contributed by atoms with van der Waals surface area (Å²) < 4.78 is 44.7. The maximum Gasteiger partial charge on any atom is 0.452 e.